The van der Waals surface area contributed by atoms with E-state index in [1.54, 1.807) is 18.6 Å². The van der Waals surface area contributed by atoms with E-state index in [1.165, 1.54) is 24.1 Å². The predicted molar refractivity (Wildman–Crippen MR) is 111 cm³/mol. The van der Waals surface area contributed by atoms with Crippen LogP contribution in [0.25, 0.3) is 22.4 Å². The fourth-order valence-electron chi connectivity index (χ4n) is 3.01. The highest BCUT2D eigenvalue weighted by atomic mass is 32.2. The summed E-state index contributed by atoms with van der Waals surface area (Å²) in [6, 6.07) is 17.0. The summed E-state index contributed by atoms with van der Waals surface area (Å²) in [5.41, 5.74) is 4.32. The Bertz CT molecular complexity index is 1110. The van der Waals surface area contributed by atoms with E-state index < -0.39 is 11.7 Å². The maximum atomic E-state index is 12.7. The number of nitrogens with zero attached hydrogens (tertiary/aromatic N) is 2. The van der Waals surface area contributed by atoms with Gasteiger partial charge in [-0.3, -0.25) is 14.8 Å². The van der Waals surface area contributed by atoms with E-state index in [0.717, 1.165) is 40.1 Å². The minimum Gasteiger partial charge on any atom is -0.277 e. The van der Waals surface area contributed by atoms with E-state index >= 15 is 0 Å². The topological polar surface area (TPSA) is 53.6 Å². The summed E-state index contributed by atoms with van der Waals surface area (Å²) in [5.74, 6) is 0. The van der Waals surface area contributed by atoms with Gasteiger partial charge in [-0.25, -0.2) is 0 Å². The first kappa shape index (κ1) is 20.2. The molecule has 0 aliphatic heterocycles. The Hall–Kier alpha value is -3.10. The molecule has 4 nitrogen and oxygen atoms in total. The molecule has 4 rings (SSSR count). The molecule has 0 unspecified atom stereocenters. The summed E-state index contributed by atoms with van der Waals surface area (Å²) in [6.45, 7) is 0.554. The zero-order valence-electron chi connectivity index (χ0n) is 15.6. The number of hydrogen-bond acceptors (Lipinski definition) is 4. The number of hydrogen-bond donors (Lipinski definition) is 2. The molecule has 2 aromatic carbocycles. The highest BCUT2D eigenvalue weighted by Crippen LogP contribution is 2.31. The van der Waals surface area contributed by atoms with Crippen LogP contribution in [0.15, 0.2) is 84.1 Å². The van der Waals surface area contributed by atoms with Gasteiger partial charge in [0.25, 0.3) is 0 Å². The van der Waals surface area contributed by atoms with Crippen molar-refractivity contribution >= 4 is 11.9 Å². The molecule has 0 saturated carbocycles. The molecule has 0 fully saturated rings. The van der Waals surface area contributed by atoms with E-state index in [9.17, 15) is 13.2 Å². The van der Waals surface area contributed by atoms with Gasteiger partial charge in [0, 0.05) is 35.0 Å². The number of benzene rings is 2. The second kappa shape index (κ2) is 8.73. The quantitative estimate of drug-likeness (QED) is 0.374. The van der Waals surface area contributed by atoms with Crippen LogP contribution in [0.4, 0.5) is 13.2 Å². The lowest BCUT2D eigenvalue weighted by molar-refractivity contribution is -0.137. The third-order valence-electron chi connectivity index (χ3n) is 4.49. The maximum Gasteiger partial charge on any atom is 0.416 e. The molecule has 0 spiro atoms. The summed E-state index contributed by atoms with van der Waals surface area (Å²) >= 11 is 1.29. The first-order valence-corrected chi connectivity index (χ1v) is 9.92. The Morgan fingerprint density at radius 2 is 1.70 bits per heavy atom. The third-order valence-corrected chi connectivity index (χ3v) is 5.29. The van der Waals surface area contributed by atoms with Crippen LogP contribution in [-0.4, -0.2) is 15.2 Å². The Labute approximate surface area is 175 Å². The largest absolute Gasteiger partial charge is 0.416 e. The first-order chi connectivity index (χ1) is 14.5. The maximum absolute atomic E-state index is 12.7. The molecule has 152 valence electrons. The van der Waals surface area contributed by atoms with Crippen LogP contribution in [0.1, 0.15) is 11.1 Å². The fraction of sp³-hybridized carbons (Fsp3) is 0.0909. The lowest BCUT2D eigenvalue weighted by Gasteiger charge is -2.09. The van der Waals surface area contributed by atoms with Gasteiger partial charge >= 0.3 is 6.18 Å². The van der Waals surface area contributed by atoms with Crippen LogP contribution in [0.5, 0.6) is 0 Å². The van der Waals surface area contributed by atoms with Crippen LogP contribution in [0.2, 0.25) is 0 Å². The Balaban J connectivity index is 1.43. The van der Waals surface area contributed by atoms with Gasteiger partial charge < -0.3 is 0 Å². The average Bonchev–Trinajstić information content (AvgIpc) is 3.24. The van der Waals surface area contributed by atoms with Crippen LogP contribution < -0.4 is 4.72 Å². The summed E-state index contributed by atoms with van der Waals surface area (Å²) in [5, 5.41) is 7.24. The van der Waals surface area contributed by atoms with Crippen molar-refractivity contribution in [3.05, 3.63) is 90.4 Å². The van der Waals surface area contributed by atoms with Crippen molar-refractivity contribution in [1.29, 1.82) is 0 Å². The molecule has 0 radical (unpaired) electrons. The average molecular weight is 426 g/mol. The monoisotopic (exact) mass is 426 g/mol. The van der Waals surface area contributed by atoms with Crippen LogP contribution in [0, 0.1) is 0 Å². The number of pyridine rings is 1. The predicted octanol–water partition coefficient (Wildman–Crippen LogP) is 5.95. The molecular formula is C22H17F3N4S. The Kier molecular flexibility index (Phi) is 5.87. The second-order valence-electron chi connectivity index (χ2n) is 6.54. The van der Waals surface area contributed by atoms with Crippen molar-refractivity contribution in [3.63, 3.8) is 0 Å². The molecule has 2 aromatic heterocycles. The Morgan fingerprint density at radius 3 is 2.43 bits per heavy atom. The van der Waals surface area contributed by atoms with E-state index in [1.807, 2.05) is 30.3 Å². The molecule has 8 heteroatoms. The van der Waals surface area contributed by atoms with Crippen LogP contribution in [0.3, 0.4) is 0 Å². The zero-order chi connectivity index (χ0) is 21.0. The van der Waals surface area contributed by atoms with Gasteiger partial charge in [0.2, 0.25) is 0 Å². The normalized spacial score (nSPS) is 11.6. The summed E-state index contributed by atoms with van der Waals surface area (Å²) < 4.78 is 41.2. The highest BCUT2D eigenvalue weighted by Gasteiger charge is 2.29. The minimum atomic E-state index is -4.32. The van der Waals surface area contributed by atoms with Gasteiger partial charge in [-0.2, -0.15) is 18.3 Å². The summed E-state index contributed by atoms with van der Waals surface area (Å²) in [6.07, 6.45) is 0.949. The van der Waals surface area contributed by atoms with Crippen LogP contribution in [-0.2, 0) is 12.7 Å². The molecule has 30 heavy (non-hydrogen) atoms. The number of halogens is 3. The number of nitrogens with one attached hydrogen (secondary N) is 2. The smallest absolute Gasteiger partial charge is 0.277 e. The zero-order valence-corrected chi connectivity index (χ0v) is 16.5. The van der Waals surface area contributed by atoms with E-state index in [-0.39, 0.29) is 0 Å². The molecule has 0 saturated heterocycles. The molecule has 0 bridgehead atoms. The van der Waals surface area contributed by atoms with Gasteiger partial charge in [0.15, 0.2) is 0 Å². The van der Waals surface area contributed by atoms with Gasteiger partial charge in [0.05, 0.1) is 17.5 Å². The van der Waals surface area contributed by atoms with E-state index in [4.69, 9.17) is 0 Å². The van der Waals surface area contributed by atoms with Crippen molar-refractivity contribution in [3.8, 4) is 22.4 Å². The molecule has 0 amide bonds. The minimum absolute atomic E-state index is 0.554. The third kappa shape index (κ3) is 4.72. The molecule has 2 N–H and O–H groups in total. The van der Waals surface area contributed by atoms with E-state index in [0.29, 0.717) is 11.4 Å². The molecule has 4 aromatic rings. The van der Waals surface area contributed by atoms with Crippen molar-refractivity contribution in [2.24, 2.45) is 0 Å². The molecule has 0 aliphatic rings. The molecule has 0 atom stereocenters. The number of aromatic amines is 1. The molecule has 0 aliphatic carbocycles. The Morgan fingerprint density at radius 1 is 0.933 bits per heavy atom. The second-order valence-corrected chi connectivity index (χ2v) is 7.50. The lowest BCUT2D eigenvalue weighted by Crippen LogP contribution is -2.05. The highest BCUT2D eigenvalue weighted by molar-refractivity contribution is 7.97. The van der Waals surface area contributed by atoms with E-state index in [2.05, 4.69) is 26.0 Å². The summed E-state index contributed by atoms with van der Waals surface area (Å²) in [4.78, 5) is 4.77. The summed E-state index contributed by atoms with van der Waals surface area (Å²) in [7, 11) is 0. The van der Waals surface area contributed by atoms with Gasteiger partial charge in [0.1, 0.15) is 0 Å². The number of H-pyrrole nitrogens is 1. The first-order valence-electron chi connectivity index (χ1n) is 9.11. The van der Waals surface area contributed by atoms with Gasteiger partial charge in [-0.15, -0.1) is 0 Å². The SMILES string of the molecule is FC(F)(F)c1ccc(SNCc2cccc(-c3[nH]ncc3-c3ccncc3)c2)cc1. The number of aromatic nitrogens is 3. The van der Waals surface area contributed by atoms with Crippen molar-refractivity contribution in [1.82, 2.24) is 19.9 Å². The molecule has 2 heterocycles. The number of alkyl halides is 3. The standard InChI is InChI=1S/C22H17F3N4S/c23-22(24,25)18-4-6-19(7-5-18)30-28-13-15-2-1-3-17(12-15)21-20(14-27-29-21)16-8-10-26-11-9-16/h1-12,14,28H,13H2,(H,27,29). The van der Waals surface area contributed by atoms with Gasteiger partial charge in [-0.05, 0) is 65.5 Å². The lowest BCUT2D eigenvalue weighted by atomic mass is 10.0. The number of rotatable bonds is 6. The van der Waals surface area contributed by atoms with Crippen molar-refractivity contribution in [2.75, 3.05) is 0 Å². The van der Waals surface area contributed by atoms with Gasteiger partial charge in [-0.1, -0.05) is 18.2 Å². The fourth-order valence-corrected chi connectivity index (χ4v) is 3.69. The van der Waals surface area contributed by atoms with Crippen molar-refractivity contribution in [2.45, 2.75) is 17.6 Å². The van der Waals surface area contributed by atoms with Crippen molar-refractivity contribution < 1.29 is 13.2 Å². The molecular weight excluding hydrogens is 409 g/mol. The van der Waals surface area contributed by atoms with Crippen LogP contribution >= 0.6 is 11.9 Å².